The first kappa shape index (κ1) is 14.8. The molecule has 1 fully saturated rings. The Labute approximate surface area is 121 Å². The molecule has 0 spiro atoms. The van der Waals surface area contributed by atoms with Crippen LogP contribution in [0.15, 0.2) is 18.2 Å². The van der Waals surface area contributed by atoms with E-state index in [-0.39, 0.29) is 34.8 Å². The first-order valence-corrected chi connectivity index (χ1v) is 6.47. The number of nitrogen functional groups attached to an aromatic ring is 1. The summed E-state index contributed by atoms with van der Waals surface area (Å²) in [5.41, 5.74) is 5.54. The molecule has 1 aromatic rings. The van der Waals surface area contributed by atoms with Gasteiger partial charge in [-0.3, -0.25) is 19.7 Å². The van der Waals surface area contributed by atoms with Gasteiger partial charge in [-0.15, -0.1) is 0 Å². The van der Waals surface area contributed by atoms with Crippen molar-refractivity contribution in [3.05, 3.63) is 33.9 Å². The van der Waals surface area contributed by atoms with E-state index in [1.165, 1.54) is 18.2 Å². The van der Waals surface area contributed by atoms with Gasteiger partial charge in [-0.1, -0.05) is 0 Å². The van der Waals surface area contributed by atoms with Crippen molar-refractivity contribution in [3.8, 4) is 0 Å². The number of nitrogens with two attached hydrogens (primary N) is 1. The number of carbonyl (C=O) groups is 2. The molecular formula is C13H16N4O4. The van der Waals surface area contributed by atoms with Crippen molar-refractivity contribution in [2.45, 2.75) is 18.9 Å². The molecule has 2 rings (SSSR count). The van der Waals surface area contributed by atoms with Gasteiger partial charge in [-0.25, -0.2) is 0 Å². The van der Waals surface area contributed by atoms with E-state index < -0.39 is 4.92 Å². The SMILES string of the molecule is CN1CC(NC(=O)c2ccc([N+](=O)[O-])c(N)c2)CCC1=O. The Hall–Kier alpha value is -2.64. The molecule has 3 N–H and O–H groups in total. The third kappa shape index (κ3) is 3.28. The number of nitro groups is 1. The fraction of sp³-hybridized carbons (Fsp3) is 0.385. The van der Waals surface area contributed by atoms with E-state index in [4.69, 9.17) is 5.73 Å². The lowest BCUT2D eigenvalue weighted by Gasteiger charge is -2.30. The first-order valence-electron chi connectivity index (χ1n) is 6.47. The van der Waals surface area contributed by atoms with Crippen LogP contribution < -0.4 is 11.1 Å². The number of carbonyl (C=O) groups excluding carboxylic acids is 2. The predicted molar refractivity (Wildman–Crippen MR) is 75.6 cm³/mol. The van der Waals surface area contributed by atoms with Crippen LogP contribution in [-0.4, -0.2) is 41.3 Å². The monoisotopic (exact) mass is 292 g/mol. The third-order valence-electron chi connectivity index (χ3n) is 3.45. The van der Waals surface area contributed by atoms with Crippen LogP contribution >= 0.6 is 0 Å². The number of benzene rings is 1. The smallest absolute Gasteiger partial charge is 0.292 e. The number of nitro benzene ring substituents is 1. The zero-order valence-corrected chi connectivity index (χ0v) is 11.5. The molecule has 1 unspecified atom stereocenters. The average molecular weight is 292 g/mol. The van der Waals surface area contributed by atoms with E-state index in [0.717, 1.165) is 0 Å². The number of piperidine rings is 1. The summed E-state index contributed by atoms with van der Waals surface area (Å²) in [4.78, 5) is 35.1. The Bertz CT molecular complexity index is 602. The van der Waals surface area contributed by atoms with Gasteiger partial charge in [0.1, 0.15) is 5.69 Å². The predicted octanol–water partition coefficient (Wildman–Crippen LogP) is 0.528. The first-order chi connectivity index (χ1) is 9.88. The van der Waals surface area contributed by atoms with Crippen LogP contribution in [0, 0.1) is 10.1 Å². The summed E-state index contributed by atoms with van der Waals surface area (Å²) in [6.07, 6.45) is 0.973. The number of likely N-dealkylation sites (tertiary alicyclic amines) is 1. The van der Waals surface area contributed by atoms with Gasteiger partial charge < -0.3 is 16.0 Å². The summed E-state index contributed by atoms with van der Waals surface area (Å²) in [7, 11) is 1.69. The van der Waals surface area contributed by atoms with Gasteiger partial charge in [-0.05, 0) is 18.6 Å². The van der Waals surface area contributed by atoms with Crippen molar-refractivity contribution in [2.24, 2.45) is 0 Å². The topological polar surface area (TPSA) is 119 Å². The van der Waals surface area contributed by atoms with E-state index >= 15 is 0 Å². The van der Waals surface area contributed by atoms with Crippen molar-refractivity contribution in [1.82, 2.24) is 10.2 Å². The molecule has 1 saturated heterocycles. The normalized spacial score (nSPS) is 18.4. The highest BCUT2D eigenvalue weighted by Crippen LogP contribution is 2.22. The zero-order valence-electron chi connectivity index (χ0n) is 11.5. The van der Waals surface area contributed by atoms with E-state index in [0.29, 0.717) is 19.4 Å². The Kier molecular flexibility index (Phi) is 4.06. The van der Waals surface area contributed by atoms with Crippen molar-refractivity contribution in [3.63, 3.8) is 0 Å². The minimum atomic E-state index is -0.598. The lowest BCUT2D eigenvalue weighted by Crippen LogP contribution is -2.48. The highest BCUT2D eigenvalue weighted by Gasteiger charge is 2.24. The molecule has 2 amide bonds. The van der Waals surface area contributed by atoms with Crippen LogP contribution in [0.2, 0.25) is 0 Å². The molecule has 1 aliphatic rings. The summed E-state index contributed by atoms with van der Waals surface area (Å²) in [6, 6.07) is 3.73. The second-order valence-electron chi connectivity index (χ2n) is 5.01. The van der Waals surface area contributed by atoms with E-state index in [9.17, 15) is 19.7 Å². The van der Waals surface area contributed by atoms with Crippen LogP contribution in [0.4, 0.5) is 11.4 Å². The highest BCUT2D eigenvalue weighted by molar-refractivity contribution is 5.96. The maximum Gasteiger partial charge on any atom is 0.292 e. The fourth-order valence-corrected chi connectivity index (χ4v) is 2.26. The molecule has 1 aromatic carbocycles. The maximum absolute atomic E-state index is 12.1. The Morgan fingerprint density at radius 1 is 1.52 bits per heavy atom. The summed E-state index contributed by atoms with van der Waals surface area (Å²) in [6.45, 7) is 0.451. The lowest BCUT2D eigenvalue weighted by atomic mass is 10.0. The number of nitrogens with one attached hydrogen (secondary N) is 1. The van der Waals surface area contributed by atoms with E-state index in [2.05, 4.69) is 5.32 Å². The third-order valence-corrected chi connectivity index (χ3v) is 3.45. The Morgan fingerprint density at radius 3 is 2.81 bits per heavy atom. The number of hydrogen-bond acceptors (Lipinski definition) is 5. The van der Waals surface area contributed by atoms with Crippen molar-refractivity contribution in [1.29, 1.82) is 0 Å². The molecule has 8 nitrogen and oxygen atoms in total. The van der Waals surface area contributed by atoms with Gasteiger partial charge in [0.05, 0.1) is 4.92 Å². The molecule has 112 valence electrons. The largest absolute Gasteiger partial charge is 0.393 e. The molecule has 21 heavy (non-hydrogen) atoms. The molecule has 0 aromatic heterocycles. The molecule has 8 heteroatoms. The molecular weight excluding hydrogens is 276 g/mol. The Morgan fingerprint density at radius 2 is 2.24 bits per heavy atom. The van der Waals surface area contributed by atoms with Crippen molar-refractivity contribution in [2.75, 3.05) is 19.3 Å². The average Bonchev–Trinajstić information content (AvgIpc) is 2.42. The van der Waals surface area contributed by atoms with Gasteiger partial charge in [0.25, 0.3) is 11.6 Å². The quantitative estimate of drug-likeness (QED) is 0.478. The summed E-state index contributed by atoms with van der Waals surface area (Å²) < 4.78 is 0. The zero-order chi connectivity index (χ0) is 15.6. The number of amides is 2. The number of nitrogens with zero attached hydrogens (tertiary/aromatic N) is 2. The van der Waals surface area contributed by atoms with Crippen LogP contribution in [0.5, 0.6) is 0 Å². The van der Waals surface area contributed by atoms with Gasteiger partial charge in [-0.2, -0.15) is 0 Å². The molecule has 1 aliphatic heterocycles. The Balaban J connectivity index is 2.05. The minimum Gasteiger partial charge on any atom is -0.393 e. The fourth-order valence-electron chi connectivity index (χ4n) is 2.26. The van der Waals surface area contributed by atoms with Crippen molar-refractivity contribution >= 4 is 23.2 Å². The second-order valence-corrected chi connectivity index (χ2v) is 5.01. The molecule has 0 radical (unpaired) electrons. The van der Waals surface area contributed by atoms with Crippen LogP contribution in [0.3, 0.4) is 0 Å². The van der Waals surface area contributed by atoms with Crippen LogP contribution in [-0.2, 0) is 4.79 Å². The van der Waals surface area contributed by atoms with Crippen molar-refractivity contribution < 1.29 is 14.5 Å². The van der Waals surface area contributed by atoms with Gasteiger partial charge >= 0.3 is 0 Å². The number of hydrogen-bond donors (Lipinski definition) is 2. The number of anilines is 1. The second kappa shape index (κ2) is 5.78. The van der Waals surface area contributed by atoms with Crippen LogP contribution in [0.25, 0.3) is 0 Å². The molecule has 0 bridgehead atoms. The number of likely N-dealkylation sites (N-methyl/N-ethyl adjacent to an activating group) is 1. The summed E-state index contributed by atoms with van der Waals surface area (Å²) >= 11 is 0. The molecule has 0 saturated carbocycles. The van der Waals surface area contributed by atoms with Gasteiger partial charge in [0.2, 0.25) is 5.91 Å². The molecule has 1 heterocycles. The molecule has 0 aliphatic carbocycles. The highest BCUT2D eigenvalue weighted by atomic mass is 16.6. The lowest BCUT2D eigenvalue weighted by molar-refractivity contribution is -0.383. The summed E-state index contributed by atoms with van der Waals surface area (Å²) in [5.74, 6) is -0.301. The van der Waals surface area contributed by atoms with E-state index in [1.807, 2.05) is 0 Å². The maximum atomic E-state index is 12.1. The van der Waals surface area contributed by atoms with Gasteiger partial charge in [0.15, 0.2) is 0 Å². The van der Waals surface area contributed by atoms with Crippen LogP contribution in [0.1, 0.15) is 23.2 Å². The standard InChI is InChI=1S/C13H16N4O4/c1-16-7-9(3-5-12(16)18)15-13(19)8-2-4-11(17(20)21)10(14)6-8/h2,4,6,9H,3,5,7,14H2,1H3,(H,15,19). The number of rotatable bonds is 3. The minimum absolute atomic E-state index is 0.0522. The van der Waals surface area contributed by atoms with E-state index in [1.54, 1.807) is 11.9 Å². The van der Waals surface area contributed by atoms with Gasteiger partial charge in [0, 0.05) is 37.7 Å². The molecule has 1 atom stereocenters. The summed E-state index contributed by atoms with van der Waals surface area (Å²) in [5, 5.41) is 13.5.